The number of nitrogens with one attached hydrogen (secondary N) is 2. The molecule has 0 fully saturated rings. The smallest absolute Gasteiger partial charge is 0.233 e. The maximum absolute atomic E-state index is 12.3. The Kier molecular flexibility index (Phi) is 2.36. The Morgan fingerprint density at radius 2 is 1.95 bits per heavy atom. The molecule has 1 aliphatic carbocycles. The predicted octanol–water partition coefficient (Wildman–Crippen LogP) is 2.84. The van der Waals surface area contributed by atoms with Crippen LogP contribution in [-0.4, -0.2) is 16.1 Å². The van der Waals surface area contributed by atoms with Gasteiger partial charge in [0.05, 0.1) is 11.4 Å². The van der Waals surface area contributed by atoms with Gasteiger partial charge in [-0.2, -0.15) is 5.10 Å². The predicted molar refractivity (Wildman–Crippen MR) is 77.6 cm³/mol. The molecular weight excluding hydrogens is 250 g/mol. The van der Waals surface area contributed by atoms with Crippen molar-refractivity contribution in [3.63, 3.8) is 0 Å². The summed E-state index contributed by atoms with van der Waals surface area (Å²) in [6, 6.07) is 15.8. The third-order valence-corrected chi connectivity index (χ3v) is 3.88. The molecule has 1 aromatic heterocycles. The van der Waals surface area contributed by atoms with E-state index in [1.165, 1.54) is 5.56 Å². The van der Waals surface area contributed by atoms with Crippen molar-refractivity contribution in [2.75, 3.05) is 5.32 Å². The maximum atomic E-state index is 12.3. The van der Waals surface area contributed by atoms with Crippen LogP contribution in [0.4, 0.5) is 5.82 Å². The largest absolute Gasteiger partial charge is 0.308 e. The first-order chi connectivity index (χ1) is 9.83. The minimum Gasteiger partial charge on any atom is -0.308 e. The molecule has 1 heterocycles. The molecule has 1 aliphatic rings. The van der Waals surface area contributed by atoms with Gasteiger partial charge >= 0.3 is 0 Å². The summed E-state index contributed by atoms with van der Waals surface area (Å²) in [5.41, 5.74) is 3.32. The van der Waals surface area contributed by atoms with Gasteiger partial charge in [0, 0.05) is 5.39 Å². The lowest BCUT2D eigenvalue weighted by Gasteiger charge is -2.28. The lowest BCUT2D eigenvalue weighted by atomic mass is 9.77. The van der Waals surface area contributed by atoms with Crippen molar-refractivity contribution in [2.45, 2.75) is 12.3 Å². The van der Waals surface area contributed by atoms with Crippen LogP contribution in [0, 0.1) is 0 Å². The zero-order valence-electron chi connectivity index (χ0n) is 10.8. The fourth-order valence-corrected chi connectivity index (χ4v) is 2.76. The van der Waals surface area contributed by atoms with Crippen molar-refractivity contribution in [3.05, 3.63) is 59.7 Å². The van der Waals surface area contributed by atoms with Gasteiger partial charge in [0.25, 0.3) is 0 Å². The van der Waals surface area contributed by atoms with Gasteiger partial charge in [-0.25, -0.2) is 0 Å². The summed E-state index contributed by atoms with van der Waals surface area (Å²) in [7, 11) is 0. The first kappa shape index (κ1) is 11.2. The van der Waals surface area contributed by atoms with Crippen LogP contribution in [0.2, 0.25) is 0 Å². The number of carbonyl (C=O) groups excluding carboxylic acids is 1. The van der Waals surface area contributed by atoms with Crippen LogP contribution >= 0.6 is 0 Å². The highest BCUT2D eigenvalue weighted by Crippen LogP contribution is 2.35. The molecule has 0 saturated heterocycles. The highest BCUT2D eigenvalue weighted by atomic mass is 16.2. The monoisotopic (exact) mass is 263 g/mol. The molecular formula is C16H13N3O. The molecule has 4 heteroatoms. The Morgan fingerprint density at radius 1 is 1.15 bits per heavy atom. The topological polar surface area (TPSA) is 57.8 Å². The molecule has 0 radical (unpaired) electrons. The van der Waals surface area contributed by atoms with E-state index in [0.29, 0.717) is 5.82 Å². The van der Waals surface area contributed by atoms with Gasteiger partial charge in [-0.1, -0.05) is 36.4 Å². The molecule has 2 aromatic carbocycles. The number of nitrogens with zero attached hydrogens (tertiary/aromatic N) is 1. The molecule has 0 saturated carbocycles. The number of hydrogen-bond donors (Lipinski definition) is 2. The summed E-state index contributed by atoms with van der Waals surface area (Å²) in [5, 5.41) is 11.0. The normalized spacial score (nSPS) is 16.5. The molecule has 98 valence electrons. The van der Waals surface area contributed by atoms with Crippen LogP contribution in [0.25, 0.3) is 10.9 Å². The Bertz CT molecular complexity index is 806. The average Bonchev–Trinajstić information content (AvgIpc) is 2.84. The summed E-state index contributed by atoms with van der Waals surface area (Å²) in [6.07, 6.45) is 0.810. The Balaban J connectivity index is 1.60. The SMILES string of the molecule is O=C(Nc1n[nH]c2ccccc12)C1Cc2ccccc21. The third-order valence-electron chi connectivity index (χ3n) is 3.88. The van der Waals surface area contributed by atoms with E-state index in [1.54, 1.807) is 0 Å². The number of amides is 1. The van der Waals surface area contributed by atoms with Crippen molar-refractivity contribution in [1.29, 1.82) is 0 Å². The second-order valence-corrected chi connectivity index (χ2v) is 5.06. The molecule has 1 unspecified atom stereocenters. The number of para-hydroxylation sites is 1. The number of aromatic amines is 1. The van der Waals surface area contributed by atoms with Crippen LogP contribution in [-0.2, 0) is 11.2 Å². The van der Waals surface area contributed by atoms with Crippen LogP contribution in [0.1, 0.15) is 17.0 Å². The van der Waals surface area contributed by atoms with Gasteiger partial charge in [0.2, 0.25) is 5.91 Å². The number of fused-ring (bicyclic) bond motifs is 2. The Morgan fingerprint density at radius 3 is 2.85 bits per heavy atom. The molecule has 20 heavy (non-hydrogen) atoms. The van der Waals surface area contributed by atoms with E-state index in [-0.39, 0.29) is 11.8 Å². The number of rotatable bonds is 2. The minimum absolute atomic E-state index is 0.0148. The van der Waals surface area contributed by atoms with Crippen LogP contribution in [0.3, 0.4) is 0 Å². The lowest BCUT2D eigenvalue weighted by molar-refractivity contribution is -0.118. The first-order valence-electron chi connectivity index (χ1n) is 6.65. The molecule has 3 aromatic rings. The van der Waals surface area contributed by atoms with Gasteiger partial charge in [-0.05, 0) is 29.7 Å². The summed E-state index contributed by atoms with van der Waals surface area (Å²) in [4.78, 5) is 12.3. The molecule has 4 rings (SSSR count). The van der Waals surface area contributed by atoms with E-state index < -0.39 is 0 Å². The maximum Gasteiger partial charge on any atom is 0.233 e. The number of hydrogen-bond acceptors (Lipinski definition) is 2. The zero-order chi connectivity index (χ0) is 13.5. The van der Waals surface area contributed by atoms with E-state index in [2.05, 4.69) is 21.6 Å². The third kappa shape index (κ3) is 1.61. The van der Waals surface area contributed by atoms with Gasteiger partial charge in [-0.3, -0.25) is 9.89 Å². The molecule has 2 N–H and O–H groups in total. The first-order valence-corrected chi connectivity index (χ1v) is 6.65. The van der Waals surface area contributed by atoms with E-state index in [4.69, 9.17) is 0 Å². The van der Waals surface area contributed by atoms with Crippen molar-refractivity contribution in [2.24, 2.45) is 0 Å². The number of anilines is 1. The van der Waals surface area contributed by atoms with Gasteiger partial charge in [0.1, 0.15) is 0 Å². The minimum atomic E-state index is -0.0540. The molecule has 1 amide bonds. The van der Waals surface area contributed by atoms with E-state index in [1.807, 2.05) is 42.5 Å². The fraction of sp³-hybridized carbons (Fsp3) is 0.125. The van der Waals surface area contributed by atoms with E-state index in [0.717, 1.165) is 22.9 Å². The fourth-order valence-electron chi connectivity index (χ4n) is 2.76. The summed E-state index contributed by atoms with van der Waals surface area (Å²) in [5.74, 6) is 0.567. The molecule has 0 bridgehead atoms. The van der Waals surface area contributed by atoms with Crippen molar-refractivity contribution in [1.82, 2.24) is 10.2 Å². The molecule has 0 aliphatic heterocycles. The van der Waals surface area contributed by atoms with Gasteiger partial charge in [0.15, 0.2) is 5.82 Å². The van der Waals surface area contributed by atoms with Crippen molar-refractivity contribution < 1.29 is 4.79 Å². The Hall–Kier alpha value is -2.62. The highest BCUT2D eigenvalue weighted by Gasteiger charge is 2.32. The highest BCUT2D eigenvalue weighted by molar-refractivity contribution is 6.03. The second kappa shape index (κ2) is 4.20. The standard InChI is InChI=1S/C16H13N3O/c20-16(13-9-10-5-1-2-6-11(10)13)17-15-12-7-3-4-8-14(12)18-19-15/h1-8,13H,9H2,(H2,17,18,19,20). The summed E-state index contributed by atoms with van der Waals surface area (Å²) < 4.78 is 0. The zero-order valence-corrected chi connectivity index (χ0v) is 10.8. The van der Waals surface area contributed by atoms with Gasteiger partial charge < -0.3 is 5.32 Å². The quantitative estimate of drug-likeness (QED) is 0.747. The van der Waals surface area contributed by atoms with Crippen molar-refractivity contribution in [3.8, 4) is 0 Å². The Labute approximate surface area is 115 Å². The summed E-state index contributed by atoms with van der Waals surface area (Å²) in [6.45, 7) is 0. The van der Waals surface area contributed by atoms with Crippen LogP contribution in [0.5, 0.6) is 0 Å². The van der Waals surface area contributed by atoms with Crippen molar-refractivity contribution >= 4 is 22.6 Å². The van der Waals surface area contributed by atoms with Gasteiger partial charge in [-0.15, -0.1) is 0 Å². The lowest BCUT2D eigenvalue weighted by Crippen LogP contribution is -2.30. The van der Waals surface area contributed by atoms with Crippen LogP contribution in [0.15, 0.2) is 48.5 Å². The van der Waals surface area contributed by atoms with Crippen LogP contribution < -0.4 is 5.32 Å². The average molecular weight is 263 g/mol. The molecule has 1 atom stereocenters. The molecule has 4 nitrogen and oxygen atoms in total. The number of H-pyrrole nitrogens is 1. The molecule has 0 spiro atoms. The number of aromatic nitrogens is 2. The number of carbonyl (C=O) groups is 1. The van der Waals surface area contributed by atoms with E-state index >= 15 is 0 Å². The summed E-state index contributed by atoms with van der Waals surface area (Å²) >= 11 is 0. The van der Waals surface area contributed by atoms with E-state index in [9.17, 15) is 4.79 Å². The number of benzene rings is 2. The second-order valence-electron chi connectivity index (χ2n) is 5.06.